The number of piperidine rings is 1. The van der Waals surface area contributed by atoms with Gasteiger partial charge >= 0.3 is 0 Å². The first kappa shape index (κ1) is 31.8. The van der Waals surface area contributed by atoms with Gasteiger partial charge in [-0.05, 0) is 60.7 Å². The van der Waals surface area contributed by atoms with E-state index in [4.69, 9.17) is 0 Å². The van der Waals surface area contributed by atoms with Crippen LogP contribution in [0.25, 0.3) is 0 Å². The van der Waals surface area contributed by atoms with E-state index >= 15 is 0 Å². The molecule has 1 aromatic heterocycles. The number of nitrogens with zero attached hydrogens (tertiary/aromatic N) is 5. The third-order valence-electron chi connectivity index (χ3n) is 9.02. The van der Waals surface area contributed by atoms with Gasteiger partial charge in [0.15, 0.2) is 5.60 Å². The highest BCUT2D eigenvalue weighted by Gasteiger charge is 2.52. The van der Waals surface area contributed by atoms with E-state index in [1.807, 2.05) is 103 Å². The van der Waals surface area contributed by atoms with Gasteiger partial charge in [-0.3, -0.25) is 14.3 Å². The molecule has 0 saturated carbocycles. The Labute approximate surface area is 277 Å². The van der Waals surface area contributed by atoms with Gasteiger partial charge in [0.25, 0.3) is 5.91 Å². The number of allylic oxidation sites excluding steroid dienone is 1. The number of anilines is 2. The first-order chi connectivity index (χ1) is 22.3. The Morgan fingerprint density at radius 3 is 2.65 bits per heavy atom. The summed E-state index contributed by atoms with van der Waals surface area (Å²) in [6.45, 7) is 3.31. The smallest absolute Gasteiger partial charge is 0.264 e. The quantitative estimate of drug-likeness (QED) is 0.196. The molecule has 2 aliphatic heterocycles. The molecule has 1 unspecified atom stereocenters. The van der Waals surface area contributed by atoms with E-state index < -0.39 is 11.5 Å². The molecule has 9 nitrogen and oxygen atoms in total. The Morgan fingerprint density at radius 1 is 1.04 bits per heavy atom. The molecule has 2 N–H and O–H groups in total. The van der Waals surface area contributed by atoms with Crippen LogP contribution in [0.15, 0.2) is 95.6 Å². The van der Waals surface area contributed by atoms with Crippen LogP contribution in [0, 0.1) is 5.92 Å². The topological polar surface area (TPSA) is 112 Å². The summed E-state index contributed by atoms with van der Waals surface area (Å²) in [5.41, 5.74) is 2.88. The second-order valence-electron chi connectivity index (χ2n) is 12.0. The molecule has 0 bridgehead atoms. The molecule has 0 radical (unpaired) electrons. The lowest BCUT2D eigenvalue weighted by Gasteiger charge is -2.28. The maximum Gasteiger partial charge on any atom is 0.264 e. The molecule has 238 valence electrons. The number of aryl methyl sites for hydroxylation is 1. The number of halogens is 1. The number of benzene rings is 3. The Kier molecular flexibility index (Phi) is 9.49. The van der Waals surface area contributed by atoms with Crippen molar-refractivity contribution in [3.05, 3.63) is 118 Å². The molecular weight excluding hydrogens is 646 g/mol. The molecule has 10 heteroatoms. The van der Waals surface area contributed by atoms with E-state index in [1.165, 1.54) is 0 Å². The van der Waals surface area contributed by atoms with Crippen LogP contribution < -0.4 is 9.80 Å². The summed E-state index contributed by atoms with van der Waals surface area (Å²) in [5, 5.41) is 30.6. The van der Waals surface area contributed by atoms with Crippen molar-refractivity contribution in [1.82, 2.24) is 15.0 Å². The number of aliphatic hydroxyl groups excluding tert-OH is 1. The number of carbonyl (C=O) groups is 2. The molecule has 2 amide bonds. The predicted octanol–water partition coefficient (Wildman–Crippen LogP) is 5.70. The SMILES string of the molecule is C[C@@H](/C=C/CCn1cc(C(CO)c2ccccc2)nn1)[C@]1(O)C(=O)N(Cc2cccc(N3CCCCC3=O)c2)c2ccc(Br)cc21. The maximum atomic E-state index is 14.1. The van der Waals surface area contributed by atoms with Crippen molar-refractivity contribution in [2.75, 3.05) is 23.0 Å². The van der Waals surface area contributed by atoms with E-state index in [2.05, 4.69) is 26.2 Å². The Bertz CT molecular complexity index is 1740. The lowest BCUT2D eigenvalue weighted by Crippen LogP contribution is -2.44. The van der Waals surface area contributed by atoms with Gasteiger partial charge in [-0.15, -0.1) is 5.10 Å². The minimum Gasteiger partial charge on any atom is -0.395 e. The third kappa shape index (κ3) is 6.29. The second-order valence-corrected chi connectivity index (χ2v) is 13.0. The van der Waals surface area contributed by atoms with Crippen molar-refractivity contribution in [3.8, 4) is 0 Å². The molecule has 2 aliphatic rings. The van der Waals surface area contributed by atoms with Crippen LogP contribution in [0.1, 0.15) is 60.9 Å². The number of carbonyl (C=O) groups excluding carboxylic acids is 2. The van der Waals surface area contributed by atoms with Gasteiger partial charge in [0.1, 0.15) is 0 Å². The number of amides is 2. The summed E-state index contributed by atoms with van der Waals surface area (Å²) in [6.07, 6.45) is 8.73. The monoisotopic (exact) mass is 683 g/mol. The molecule has 0 aliphatic carbocycles. The molecule has 3 heterocycles. The predicted molar refractivity (Wildman–Crippen MR) is 180 cm³/mol. The lowest BCUT2D eigenvalue weighted by atomic mass is 9.83. The number of hydrogen-bond acceptors (Lipinski definition) is 6. The van der Waals surface area contributed by atoms with Gasteiger partial charge in [-0.2, -0.15) is 0 Å². The van der Waals surface area contributed by atoms with Gasteiger partial charge in [0.05, 0.1) is 30.5 Å². The van der Waals surface area contributed by atoms with Crippen molar-refractivity contribution < 1.29 is 19.8 Å². The molecular formula is C36H38BrN5O4. The van der Waals surface area contributed by atoms with E-state index in [-0.39, 0.29) is 30.9 Å². The largest absolute Gasteiger partial charge is 0.395 e. The minimum atomic E-state index is -1.75. The summed E-state index contributed by atoms with van der Waals surface area (Å²) >= 11 is 3.53. The van der Waals surface area contributed by atoms with Crippen molar-refractivity contribution in [2.45, 2.75) is 57.2 Å². The number of hydrogen-bond donors (Lipinski definition) is 2. The highest BCUT2D eigenvalue weighted by atomic mass is 79.9. The van der Waals surface area contributed by atoms with Gasteiger partial charge in [0.2, 0.25) is 5.91 Å². The first-order valence-electron chi connectivity index (χ1n) is 15.8. The maximum absolute atomic E-state index is 14.1. The van der Waals surface area contributed by atoms with E-state index in [9.17, 15) is 19.8 Å². The fourth-order valence-corrected chi connectivity index (χ4v) is 6.81. The van der Waals surface area contributed by atoms with E-state index in [1.54, 1.807) is 9.58 Å². The fraction of sp³-hybridized carbons (Fsp3) is 0.333. The zero-order chi connectivity index (χ0) is 32.3. The van der Waals surface area contributed by atoms with Crippen LogP contribution in [0.2, 0.25) is 0 Å². The van der Waals surface area contributed by atoms with Crippen LogP contribution in [-0.4, -0.2) is 50.2 Å². The molecule has 46 heavy (non-hydrogen) atoms. The third-order valence-corrected chi connectivity index (χ3v) is 9.52. The summed E-state index contributed by atoms with van der Waals surface area (Å²) in [4.78, 5) is 30.1. The standard InChI is InChI=1S/C36H38BrN5O4/c1-25(10-5-7-18-40-23-32(38-39-40)30(24-43)27-12-3-2-4-13-27)36(46)31-21-28(37)16-17-33(31)42(35(36)45)22-26-11-9-14-29(20-26)41-19-8-6-15-34(41)44/h2-5,9-14,16-17,20-21,23,25,30,43,46H,6-8,15,18-19,22,24H2,1H3/b10-5+/t25-,30?,36+/m0/s1. The van der Waals surface area contributed by atoms with Gasteiger partial charge in [0, 0.05) is 47.3 Å². The summed E-state index contributed by atoms with van der Waals surface area (Å²) < 4.78 is 2.52. The Balaban J connectivity index is 1.16. The zero-order valence-electron chi connectivity index (χ0n) is 25.8. The normalized spacial score (nSPS) is 19.6. The van der Waals surface area contributed by atoms with Crippen LogP contribution in [0.3, 0.4) is 0 Å². The van der Waals surface area contributed by atoms with Crippen LogP contribution in [0.5, 0.6) is 0 Å². The van der Waals surface area contributed by atoms with Crippen molar-refractivity contribution in [2.24, 2.45) is 5.92 Å². The minimum absolute atomic E-state index is 0.0646. The molecule has 1 saturated heterocycles. The van der Waals surface area contributed by atoms with Crippen molar-refractivity contribution in [3.63, 3.8) is 0 Å². The molecule has 6 rings (SSSR count). The number of rotatable bonds is 11. The molecule has 4 aromatic rings. The number of fused-ring (bicyclic) bond motifs is 1. The Morgan fingerprint density at radius 2 is 1.87 bits per heavy atom. The number of aliphatic hydroxyl groups is 2. The Hall–Kier alpha value is -4.12. The average molecular weight is 685 g/mol. The van der Waals surface area contributed by atoms with Gasteiger partial charge in [-0.25, -0.2) is 0 Å². The van der Waals surface area contributed by atoms with Gasteiger partial charge in [-0.1, -0.05) is 82.7 Å². The van der Waals surface area contributed by atoms with Crippen LogP contribution in [0.4, 0.5) is 11.4 Å². The second kappa shape index (κ2) is 13.7. The van der Waals surface area contributed by atoms with Crippen molar-refractivity contribution in [1.29, 1.82) is 0 Å². The van der Waals surface area contributed by atoms with Crippen LogP contribution >= 0.6 is 15.9 Å². The highest BCUT2D eigenvalue weighted by molar-refractivity contribution is 9.10. The molecule has 0 spiro atoms. The highest BCUT2D eigenvalue weighted by Crippen LogP contribution is 2.47. The average Bonchev–Trinajstić information content (AvgIpc) is 3.61. The van der Waals surface area contributed by atoms with E-state index in [0.29, 0.717) is 42.9 Å². The van der Waals surface area contributed by atoms with Crippen molar-refractivity contribution >= 4 is 39.1 Å². The summed E-state index contributed by atoms with van der Waals surface area (Å²) in [6, 6.07) is 23.1. The van der Waals surface area contributed by atoms with Crippen LogP contribution in [-0.2, 0) is 28.3 Å². The zero-order valence-corrected chi connectivity index (χ0v) is 27.4. The molecule has 3 atom stereocenters. The fourth-order valence-electron chi connectivity index (χ4n) is 6.44. The summed E-state index contributed by atoms with van der Waals surface area (Å²) in [7, 11) is 0. The summed E-state index contributed by atoms with van der Waals surface area (Å²) in [5.74, 6) is -1.02. The molecule has 1 fully saturated rings. The van der Waals surface area contributed by atoms with Gasteiger partial charge < -0.3 is 20.0 Å². The lowest BCUT2D eigenvalue weighted by molar-refractivity contribution is -0.139. The molecule has 3 aromatic carbocycles. The first-order valence-corrected chi connectivity index (χ1v) is 16.5. The van der Waals surface area contributed by atoms with E-state index in [0.717, 1.165) is 34.1 Å². The number of aromatic nitrogens is 3.